The Hall–Kier alpha value is -3.08. The van der Waals surface area contributed by atoms with Crippen molar-refractivity contribution in [3.05, 3.63) is 27.8 Å². The van der Waals surface area contributed by atoms with Gasteiger partial charge in [0.15, 0.2) is 0 Å². The van der Waals surface area contributed by atoms with Crippen LogP contribution < -0.4 is 10.1 Å². The smallest absolute Gasteiger partial charge is 0.412 e. The Bertz CT molecular complexity index is 1050. The van der Waals surface area contributed by atoms with Gasteiger partial charge in [-0.05, 0) is 48.0 Å². The van der Waals surface area contributed by atoms with Crippen molar-refractivity contribution in [3.63, 3.8) is 0 Å². The van der Waals surface area contributed by atoms with Crippen LogP contribution in [-0.4, -0.2) is 69.9 Å². The molecule has 2 atom stereocenters. The van der Waals surface area contributed by atoms with Crippen molar-refractivity contribution >= 4 is 23.6 Å². The molecule has 1 aliphatic carbocycles. The summed E-state index contributed by atoms with van der Waals surface area (Å²) in [6.45, 7) is 13.2. The molecule has 192 valence electrons. The lowest BCUT2D eigenvalue weighted by molar-refractivity contribution is -0.384. The normalized spacial score (nSPS) is 23.9. The molecule has 1 spiro atoms. The summed E-state index contributed by atoms with van der Waals surface area (Å²) in [6.07, 6.45) is -0.231. The maximum absolute atomic E-state index is 12.7. The van der Waals surface area contributed by atoms with E-state index in [0.29, 0.717) is 44.1 Å². The summed E-state index contributed by atoms with van der Waals surface area (Å²) < 4.78 is 16.9. The Balaban J connectivity index is 1.56. The van der Waals surface area contributed by atoms with Crippen molar-refractivity contribution in [2.75, 3.05) is 31.6 Å². The zero-order chi connectivity index (χ0) is 25.8. The predicted octanol–water partition coefficient (Wildman–Crippen LogP) is 4.15. The topological polar surface area (TPSA) is 123 Å². The quantitative estimate of drug-likeness (QED) is 0.484. The molecule has 2 fully saturated rings. The van der Waals surface area contributed by atoms with Gasteiger partial charge < -0.3 is 19.1 Å². The molecular formula is C24H34N4O7. The molecule has 0 aromatic heterocycles. The summed E-state index contributed by atoms with van der Waals surface area (Å²) in [5.41, 5.74) is -1.07. The summed E-state index contributed by atoms with van der Waals surface area (Å²) >= 11 is 0. The molecule has 2 unspecified atom stereocenters. The van der Waals surface area contributed by atoms with Gasteiger partial charge in [0.1, 0.15) is 22.6 Å². The van der Waals surface area contributed by atoms with Gasteiger partial charge >= 0.3 is 12.2 Å². The van der Waals surface area contributed by atoms with Crippen molar-refractivity contribution < 1.29 is 28.7 Å². The number of amides is 2. The molecule has 11 nitrogen and oxygen atoms in total. The number of hydrogen-bond acceptors (Lipinski definition) is 8. The first kappa shape index (κ1) is 25.0. The van der Waals surface area contributed by atoms with Crippen molar-refractivity contribution in [1.82, 2.24) is 9.80 Å². The molecule has 1 N–H and O–H groups in total. The van der Waals surface area contributed by atoms with E-state index in [1.165, 1.54) is 12.1 Å². The predicted molar refractivity (Wildman–Crippen MR) is 128 cm³/mol. The Morgan fingerprint density at radius 3 is 2.46 bits per heavy atom. The highest BCUT2D eigenvalue weighted by atomic mass is 16.6. The van der Waals surface area contributed by atoms with Crippen LogP contribution in [0.5, 0.6) is 5.75 Å². The minimum Gasteiger partial charge on any atom is -0.493 e. The number of nitro groups is 1. The van der Waals surface area contributed by atoms with Gasteiger partial charge in [-0.15, -0.1) is 0 Å². The summed E-state index contributed by atoms with van der Waals surface area (Å²) in [5.74, 6) is 0.718. The molecule has 4 rings (SSSR count). The maximum Gasteiger partial charge on any atom is 0.412 e. The lowest BCUT2D eigenvalue weighted by Gasteiger charge is -2.44. The van der Waals surface area contributed by atoms with Crippen LogP contribution in [0, 0.1) is 16.0 Å². The molecule has 2 amide bonds. The van der Waals surface area contributed by atoms with Crippen LogP contribution in [0.1, 0.15) is 53.5 Å². The van der Waals surface area contributed by atoms with Gasteiger partial charge in [0.25, 0.3) is 5.69 Å². The summed E-state index contributed by atoms with van der Waals surface area (Å²) in [6, 6.07) is 2.96. The van der Waals surface area contributed by atoms with Gasteiger partial charge in [-0.25, -0.2) is 9.59 Å². The lowest BCUT2D eigenvalue weighted by Crippen LogP contribution is -2.58. The third kappa shape index (κ3) is 5.44. The number of nitro benzene ring substituents is 1. The number of fused-ring (bicyclic) bond motifs is 1. The Morgan fingerprint density at radius 2 is 1.83 bits per heavy atom. The van der Waals surface area contributed by atoms with Gasteiger partial charge in [0, 0.05) is 55.3 Å². The van der Waals surface area contributed by atoms with E-state index in [1.807, 2.05) is 20.8 Å². The summed E-state index contributed by atoms with van der Waals surface area (Å²) in [7, 11) is 0. The summed E-state index contributed by atoms with van der Waals surface area (Å²) in [5, 5.41) is 14.3. The zero-order valence-corrected chi connectivity index (χ0v) is 21.2. The third-order valence-electron chi connectivity index (χ3n) is 6.40. The van der Waals surface area contributed by atoms with E-state index in [1.54, 1.807) is 25.7 Å². The molecule has 11 heteroatoms. The number of rotatable bonds is 2. The fourth-order valence-electron chi connectivity index (χ4n) is 4.79. The number of hydrogen-bond donors (Lipinski definition) is 1. The Morgan fingerprint density at radius 1 is 1.14 bits per heavy atom. The minimum atomic E-state index is -0.772. The molecule has 3 aliphatic rings. The van der Waals surface area contributed by atoms with Gasteiger partial charge in [-0.2, -0.15) is 0 Å². The van der Waals surface area contributed by atoms with E-state index in [4.69, 9.17) is 14.2 Å². The molecule has 1 saturated carbocycles. The molecule has 2 heterocycles. The second-order valence-corrected chi connectivity index (χ2v) is 11.5. The van der Waals surface area contributed by atoms with Crippen LogP contribution in [0.4, 0.5) is 21.0 Å². The second kappa shape index (κ2) is 8.54. The highest BCUT2D eigenvalue weighted by Gasteiger charge is 2.61. The highest BCUT2D eigenvalue weighted by molar-refractivity contribution is 5.88. The monoisotopic (exact) mass is 490 g/mol. The minimum absolute atomic E-state index is 0.0281. The van der Waals surface area contributed by atoms with E-state index in [2.05, 4.69) is 10.2 Å². The maximum atomic E-state index is 12.7. The molecule has 35 heavy (non-hydrogen) atoms. The van der Waals surface area contributed by atoms with Crippen LogP contribution in [0.15, 0.2) is 12.1 Å². The van der Waals surface area contributed by atoms with Crippen molar-refractivity contribution in [3.8, 4) is 5.75 Å². The van der Waals surface area contributed by atoms with Gasteiger partial charge in [0.2, 0.25) is 0 Å². The number of nitrogens with one attached hydrogen (secondary N) is 1. The van der Waals surface area contributed by atoms with E-state index in [9.17, 15) is 19.7 Å². The average molecular weight is 491 g/mol. The van der Waals surface area contributed by atoms with Crippen LogP contribution in [0.2, 0.25) is 0 Å². The first-order chi connectivity index (χ1) is 16.2. The molecule has 1 saturated heterocycles. The fraction of sp³-hybridized carbons (Fsp3) is 0.667. The van der Waals surface area contributed by atoms with Crippen LogP contribution in [0.3, 0.4) is 0 Å². The van der Waals surface area contributed by atoms with E-state index < -0.39 is 22.2 Å². The third-order valence-corrected chi connectivity index (χ3v) is 6.40. The first-order valence-corrected chi connectivity index (χ1v) is 11.8. The van der Waals surface area contributed by atoms with E-state index in [-0.39, 0.29) is 28.9 Å². The largest absolute Gasteiger partial charge is 0.493 e. The molecule has 0 radical (unpaired) electrons. The molecular weight excluding hydrogens is 456 g/mol. The van der Waals surface area contributed by atoms with Crippen LogP contribution in [0.25, 0.3) is 0 Å². The van der Waals surface area contributed by atoms with Crippen LogP contribution >= 0.6 is 0 Å². The Labute approximate surface area is 204 Å². The lowest BCUT2D eigenvalue weighted by atomic mass is 10.0. The first-order valence-electron chi connectivity index (χ1n) is 11.8. The van der Waals surface area contributed by atoms with Gasteiger partial charge in [0.05, 0.1) is 11.5 Å². The van der Waals surface area contributed by atoms with E-state index in [0.717, 1.165) is 6.42 Å². The molecule has 1 aromatic rings. The van der Waals surface area contributed by atoms with Gasteiger partial charge in [-0.3, -0.25) is 20.3 Å². The summed E-state index contributed by atoms with van der Waals surface area (Å²) in [4.78, 5) is 40.3. The second-order valence-electron chi connectivity index (χ2n) is 11.5. The van der Waals surface area contributed by atoms with Crippen molar-refractivity contribution in [2.24, 2.45) is 5.92 Å². The SMILES string of the molecule is CC(C)(C)OC(=O)Nc1cc2c(cc1[N+](=O)[O-])CN1CCN(C(=O)OC(C)(C)C)CC13CC3CO2. The number of benzene rings is 1. The molecule has 2 aliphatic heterocycles. The average Bonchev–Trinajstić information content (AvgIpc) is 3.36. The zero-order valence-electron chi connectivity index (χ0n) is 21.2. The number of carbonyl (C=O) groups excluding carboxylic acids is 2. The highest BCUT2D eigenvalue weighted by Crippen LogP contribution is 2.53. The number of nitrogens with zero attached hydrogens (tertiary/aromatic N) is 3. The fourth-order valence-corrected chi connectivity index (χ4v) is 4.79. The molecule has 1 aromatic carbocycles. The van der Waals surface area contributed by atoms with Crippen molar-refractivity contribution in [2.45, 2.75) is 71.2 Å². The Kier molecular flexibility index (Phi) is 6.11. The number of carbonyl (C=O) groups is 2. The molecule has 0 bridgehead atoms. The number of ether oxygens (including phenoxy) is 3. The standard InChI is InChI=1S/C24H34N4O7/c1-22(2,3)34-20(29)25-17-10-19-15(9-18(17)28(31)32)12-27-8-7-26(21(30)35-23(4,5)6)14-24(27)11-16(24)13-33-19/h9-10,16H,7-8,11-14H2,1-6H3,(H,25,29). The van der Waals surface area contributed by atoms with E-state index >= 15 is 0 Å². The van der Waals surface area contributed by atoms with Crippen molar-refractivity contribution in [1.29, 1.82) is 0 Å². The number of piperazine rings is 1. The van der Waals surface area contributed by atoms with Crippen LogP contribution in [-0.2, 0) is 16.0 Å². The van der Waals surface area contributed by atoms with Gasteiger partial charge in [-0.1, -0.05) is 0 Å². The number of anilines is 1.